The van der Waals surface area contributed by atoms with Crippen LogP contribution in [0.4, 0.5) is 5.82 Å². The molecule has 5 heteroatoms. The van der Waals surface area contributed by atoms with Crippen molar-refractivity contribution in [1.82, 2.24) is 10.2 Å². The highest BCUT2D eigenvalue weighted by atomic mass is 35.5. The summed E-state index contributed by atoms with van der Waals surface area (Å²) < 4.78 is 0. The van der Waals surface area contributed by atoms with Gasteiger partial charge in [0.05, 0.1) is 0 Å². The van der Waals surface area contributed by atoms with Crippen molar-refractivity contribution in [3.05, 3.63) is 16.3 Å². The Morgan fingerprint density at radius 3 is 2.65 bits per heavy atom. The minimum Gasteiger partial charge on any atom is -0.366 e. The van der Waals surface area contributed by atoms with Crippen LogP contribution in [0.1, 0.15) is 31.4 Å². The molecule has 96 valence electrons. The van der Waals surface area contributed by atoms with Crippen LogP contribution in [-0.4, -0.2) is 27.7 Å². The number of nitrogens with one attached hydrogen (secondary N) is 1. The summed E-state index contributed by atoms with van der Waals surface area (Å²) in [5.41, 5.74) is 2.08. The fourth-order valence-electron chi connectivity index (χ4n) is 1.42. The van der Waals surface area contributed by atoms with E-state index in [0.717, 1.165) is 23.4 Å². The molecule has 0 saturated heterocycles. The Kier molecular flexibility index (Phi) is 6.06. The molecule has 0 fully saturated rings. The lowest BCUT2D eigenvalue weighted by Gasteiger charge is -2.16. The number of anilines is 1. The second kappa shape index (κ2) is 7.07. The van der Waals surface area contributed by atoms with Crippen LogP contribution in [0.25, 0.3) is 0 Å². The van der Waals surface area contributed by atoms with Gasteiger partial charge in [-0.25, -0.2) is 0 Å². The summed E-state index contributed by atoms with van der Waals surface area (Å²) >= 11 is 7.88. The van der Waals surface area contributed by atoms with Crippen LogP contribution < -0.4 is 5.32 Å². The molecule has 1 aromatic heterocycles. The molecule has 0 spiro atoms. The minimum atomic E-state index is 0.405. The fourth-order valence-corrected chi connectivity index (χ4v) is 2.41. The number of rotatable bonds is 6. The number of thioether (sulfide) groups is 1. The number of hydrogen-bond acceptors (Lipinski definition) is 4. The van der Waals surface area contributed by atoms with E-state index >= 15 is 0 Å². The van der Waals surface area contributed by atoms with Gasteiger partial charge in [-0.15, -0.1) is 10.2 Å². The Labute approximate surface area is 113 Å². The molecule has 0 saturated carbocycles. The average Bonchev–Trinajstić information content (AvgIpc) is 2.30. The Morgan fingerprint density at radius 2 is 2.00 bits per heavy atom. The van der Waals surface area contributed by atoms with E-state index in [2.05, 4.69) is 29.4 Å². The molecule has 0 radical (unpaired) electrons. The molecule has 1 aromatic rings. The molecule has 17 heavy (non-hydrogen) atoms. The number of hydrogen-bond donors (Lipinski definition) is 1. The van der Waals surface area contributed by atoms with E-state index in [4.69, 9.17) is 11.6 Å². The molecule has 1 unspecified atom stereocenters. The zero-order valence-corrected chi connectivity index (χ0v) is 12.5. The smallest absolute Gasteiger partial charge is 0.155 e. The summed E-state index contributed by atoms with van der Waals surface area (Å²) in [6, 6.07) is 0.405. The van der Waals surface area contributed by atoms with Crippen LogP contribution >= 0.6 is 23.4 Å². The number of halogens is 1. The molecule has 0 aromatic carbocycles. The SMILES string of the molecule is CCSCCC(C)Nc1nnc(Cl)c(C)c1C. The third-order valence-electron chi connectivity index (χ3n) is 2.75. The Balaban J connectivity index is 2.59. The predicted molar refractivity (Wildman–Crippen MR) is 77.2 cm³/mol. The van der Waals surface area contributed by atoms with E-state index < -0.39 is 0 Å². The quantitative estimate of drug-likeness (QED) is 0.802. The van der Waals surface area contributed by atoms with Gasteiger partial charge in [0, 0.05) is 6.04 Å². The van der Waals surface area contributed by atoms with Crippen LogP contribution in [-0.2, 0) is 0 Å². The molecule has 3 nitrogen and oxygen atoms in total. The van der Waals surface area contributed by atoms with Crippen molar-refractivity contribution in [1.29, 1.82) is 0 Å². The molecule has 1 atom stereocenters. The van der Waals surface area contributed by atoms with Crippen molar-refractivity contribution in [2.45, 2.75) is 40.2 Å². The van der Waals surface area contributed by atoms with E-state index in [-0.39, 0.29) is 0 Å². The summed E-state index contributed by atoms with van der Waals surface area (Å²) in [5.74, 6) is 3.19. The first-order valence-corrected chi connectivity index (χ1v) is 7.43. The molecule has 1 rings (SSSR count). The standard InChI is InChI=1S/C12H20ClN3S/c1-5-17-7-6-8(2)14-12-10(4)9(3)11(13)15-16-12/h8H,5-7H2,1-4H3,(H,14,16). The van der Waals surface area contributed by atoms with Crippen molar-refractivity contribution in [2.24, 2.45) is 0 Å². The molecular weight excluding hydrogens is 254 g/mol. The van der Waals surface area contributed by atoms with Crippen LogP contribution in [0.2, 0.25) is 5.15 Å². The monoisotopic (exact) mass is 273 g/mol. The fraction of sp³-hybridized carbons (Fsp3) is 0.667. The van der Waals surface area contributed by atoms with Crippen LogP contribution in [0.15, 0.2) is 0 Å². The Hall–Kier alpha value is -0.480. The van der Waals surface area contributed by atoms with Gasteiger partial charge >= 0.3 is 0 Å². The van der Waals surface area contributed by atoms with Gasteiger partial charge in [-0.1, -0.05) is 18.5 Å². The van der Waals surface area contributed by atoms with E-state index in [9.17, 15) is 0 Å². The highest BCUT2D eigenvalue weighted by Gasteiger charge is 2.10. The summed E-state index contributed by atoms with van der Waals surface area (Å²) in [6.45, 7) is 8.34. The zero-order valence-electron chi connectivity index (χ0n) is 10.9. The van der Waals surface area contributed by atoms with Crippen LogP contribution in [0, 0.1) is 13.8 Å². The first kappa shape index (κ1) is 14.6. The van der Waals surface area contributed by atoms with Crippen molar-refractivity contribution < 1.29 is 0 Å². The summed E-state index contributed by atoms with van der Waals surface area (Å²) in [4.78, 5) is 0. The maximum absolute atomic E-state index is 5.92. The highest BCUT2D eigenvalue weighted by Crippen LogP contribution is 2.21. The van der Waals surface area contributed by atoms with E-state index in [1.807, 2.05) is 25.6 Å². The van der Waals surface area contributed by atoms with Gasteiger partial charge in [0.1, 0.15) is 0 Å². The van der Waals surface area contributed by atoms with E-state index in [1.165, 1.54) is 11.5 Å². The lowest BCUT2D eigenvalue weighted by atomic mass is 10.2. The average molecular weight is 274 g/mol. The number of nitrogens with zero attached hydrogens (tertiary/aromatic N) is 2. The molecule has 0 amide bonds. The normalized spacial score (nSPS) is 12.5. The first-order valence-electron chi connectivity index (χ1n) is 5.89. The van der Waals surface area contributed by atoms with Crippen LogP contribution in [0.3, 0.4) is 0 Å². The third-order valence-corrected chi connectivity index (χ3v) is 4.04. The van der Waals surface area contributed by atoms with Crippen molar-refractivity contribution >= 4 is 29.2 Å². The topological polar surface area (TPSA) is 37.8 Å². The maximum atomic E-state index is 5.92. The van der Waals surface area contributed by atoms with Gasteiger partial charge in [-0.3, -0.25) is 0 Å². The summed E-state index contributed by atoms with van der Waals surface area (Å²) in [7, 11) is 0. The Bertz CT molecular complexity index is 371. The van der Waals surface area contributed by atoms with Gasteiger partial charge in [-0.2, -0.15) is 11.8 Å². The lowest BCUT2D eigenvalue weighted by molar-refractivity contribution is 0.759. The minimum absolute atomic E-state index is 0.405. The molecular formula is C12H20ClN3S. The molecule has 0 bridgehead atoms. The summed E-state index contributed by atoms with van der Waals surface area (Å²) in [6.07, 6.45) is 1.13. The van der Waals surface area contributed by atoms with Crippen molar-refractivity contribution in [3.8, 4) is 0 Å². The van der Waals surface area contributed by atoms with Gasteiger partial charge in [0.25, 0.3) is 0 Å². The molecule has 1 heterocycles. The largest absolute Gasteiger partial charge is 0.366 e. The second-order valence-corrected chi connectivity index (χ2v) is 5.87. The third kappa shape index (κ3) is 4.36. The molecule has 0 aliphatic rings. The van der Waals surface area contributed by atoms with Gasteiger partial charge in [0.2, 0.25) is 0 Å². The van der Waals surface area contributed by atoms with Gasteiger partial charge < -0.3 is 5.32 Å². The van der Waals surface area contributed by atoms with Gasteiger partial charge in [0.15, 0.2) is 11.0 Å². The van der Waals surface area contributed by atoms with E-state index in [1.54, 1.807) is 0 Å². The van der Waals surface area contributed by atoms with E-state index in [0.29, 0.717) is 11.2 Å². The van der Waals surface area contributed by atoms with Gasteiger partial charge in [-0.05, 0) is 49.8 Å². The molecule has 1 N–H and O–H groups in total. The zero-order chi connectivity index (χ0) is 12.8. The lowest BCUT2D eigenvalue weighted by Crippen LogP contribution is -2.18. The van der Waals surface area contributed by atoms with Crippen LogP contribution in [0.5, 0.6) is 0 Å². The van der Waals surface area contributed by atoms with Crippen molar-refractivity contribution in [2.75, 3.05) is 16.8 Å². The van der Waals surface area contributed by atoms with Crippen molar-refractivity contribution in [3.63, 3.8) is 0 Å². The highest BCUT2D eigenvalue weighted by molar-refractivity contribution is 7.99. The summed E-state index contributed by atoms with van der Waals surface area (Å²) in [5, 5.41) is 11.9. The Morgan fingerprint density at radius 1 is 1.29 bits per heavy atom. The second-order valence-electron chi connectivity index (χ2n) is 4.12. The number of aromatic nitrogens is 2. The first-order chi connectivity index (χ1) is 8.06. The molecule has 0 aliphatic carbocycles. The molecule has 0 aliphatic heterocycles. The maximum Gasteiger partial charge on any atom is 0.155 e. The predicted octanol–water partition coefficient (Wildman–Crippen LogP) is 3.69.